The first-order valence-electron chi connectivity index (χ1n) is 7.00. The summed E-state index contributed by atoms with van der Waals surface area (Å²) in [5.74, 6) is 2.31. The molecule has 0 saturated heterocycles. The van der Waals surface area contributed by atoms with E-state index in [0.717, 1.165) is 16.1 Å². The number of anilines is 1. The molecule has 20 heavy (non-hydrogen) atoms. The van der Waals surface area contributed by atoms with Crippen LogP contribution in [0.15, 0.2) is 15.9 Å². The summed E-state index contributed by atoms with van der Waals surface area (Å²) in [6.07, 6.45) is 5.09. The summed E-state index contributed by atoms with van der Waals surface area (Å²) in [7, 11) is 1.91. The Bertz CT molecular complexity index is 618. The Labute approximate surface area is 132 Å². The summed E-state index contributed by atoms with van der Waals surface area (Å²) in [6, 6.07) is 2.12. The Hall–Kier alpha value is -0.940. The summed E-state index contributed by atoms with van der Waals surface area (Å²) < 4.78 is 1.03. The maximum atomic E-state index is 4.88. The van der Waals surface area contributed by atoms with E-state index in [4.69, 9.17) is 4.98 Å². The quantitative estimate of drug-likeness (QED) is 0.847. The monoisotopic (exact) mass is 351 g/mol. The van der Waals surface area contributed by atoms with E-state index in [1.807, 2.05) is 7.05 Å². The van der Waals surface area contributed by atoms with E-state index in [0.29, 0.717) is 5.92 Å². The molecule has 1 aliphatic carbocycles. The first-order chi connectivity index (χ1) is 9.70. The zero-order valence-electron chi connectivity index (χ0n) is 11.7. The Morgan fingerprint density at radius 3 is 2.65 bits per heavy atom. The second kappa shape index (κ2) is 5.82. The summed E-state index contributed by atoms with van der Waals surface area (Å²) in [6.45, 7) is 2.12. The van der Waals surface area contributed by atoms with Crippen LogP contribution in [0.5, 0.6) is 0 Å². The average molecular weight is 352 g/mol. The number of aryl methyl sites for hydroxylation is 1. The highest BCUT2D eigenvalue weighted by Crippen LogP contribution is 2.40. The first-order valence-corrected chi connectivity index (χ1v) is 8.67. The van der Waals surface area contributed by atoms with Crippen LogP contribution in [0.25, 0.3) is 10.7 Å². The lowest BCUT2D eigenvalue weighted by molar-refractivity contribution is 0.691. The van der Waals surface area contributed by atoms with Crippen molar-refractivity contribution in [3.05, 3.63) is 27.2 Å². The van der Waals surface area contributed by atoms with Gasteiger partial charge in [0.15, 0.2) is 5.82 Å². The Kier molecular flexibility index (Phi) is 4.08. The van der Waals surface area contributed by atoms with E-state index in [-0.39, 0.29) is 0 Å². The van der Waals surface area contributed by atoms with Crippen LogP contribution >= 0.6 is 27.3 Å². The van der Waals surface area contributed by atoms with Crippen molar-refractivity contribution in [1.29, 1.82) is 0 Å². The minimum absolute atomic E-state index is 0.568. The van der Waals surface area contributed by atoms with Crippen molar-refractivity contribution in [2.75, 3.05) is 12.4 Å². The van der Waals surface area contributed by atoms with Gasteiger partial charge in [0.05, 0.1) is 15.0 Å². The van der Waals surface area contributed by atoms with Crippen LogP contribution in [0.4, 0.5) is 5.82 Å². The minimum Gasteiger partial charge on any atom is -0.372 e. The van der Waals surface area contributed by atoms with Crippen LogP contribution in [0.1, 0.15) is 42.9 Å². The zero-order valence-corrected chi connectivity index (χ0v) is 14.1. The summed E-state index contributed by atoms with van der Waals surface area (Å²) in [4.78, 5) is 10.7. The van der Waals surface area contributed by atoms with Gasteiger partial charge in [0, 0.05) is 13.0 Å². The minimum atomic E-state index is 0.568. The normalized spacial score (nSPS) is 15.8. The van der Waals surface area contributed by atoms with Gasteiger partial charge in [0.1, 0.15) is 5.82 Å². The second-order valence-corrected chi connectivity index (χ2v) is 6.97. The predicted octanol–water partition coefficient (Wildman–Crippen LogP) is 4.98. The van der Waals surface area contributed by atoms with E-state index >= 15 is 0 Å². The van der Waals surface area contributed by atoms with Crippen molar-refractivity contribution in [3.63, 3.8) is 0 Å². The number of hydrogen-bond donors (Lipinski definition) is 1. The lowest BCUT2D eigenvalue weighted by Gasteiger charge is -2.15. The third kappa shape index (κ3) is 2.49. The molecule has 0 spiro atoms. The third-order valence-corrected chi connectivity index (χ3v) is 5.71. The fourth-order valence-electron chi connectivity index (χ4n) is 2.80. The number of rotatable bonds is 3. The fourth-order valence-corrected chi connectivity index (χ4v) is 4.36. The fraction of sp³-hybridized carbons (Fsp3) is 0.467. The maximum Gasteiger partial charge on any atom is 0.172 e. The molecule has 3 nitrogen and oxygen atoms in total. The van der Waals surface area contributed by atoms with Gasteiger partial charge in [-0.3, -0.25) is 0 Å². The van der Waals surface area contributed by atoms with Gasteiger partial charge in [-0.25, -0.2) is 9.97 Å². The number of nitrogens with zero attached hydrogens (tertiary/aromatic N) is 2. The molecule has 1 saturated carbocycles. The molecule has 2 heterocycles. The van der Waals surface area contributed by atoms with Gasteiger partial charge in [-0.1, -0.05) is 12.8 Å². The highest BCUT2D eigenvalue weighted by atomic mass is 79.9. The second-order valence-electron chi connectivity index (χ2n) is 5.26. The molecule has 1 N–H and O–H groups in total. The van der Waals surface area contributed by atoms with Crippen molar-refractivity contribution in [1.82, 2.24) is 9.97 Å². The topological polar surface area (TPSA) is 37.8 Å². The molecular weight excluding hydrogens is 334 g/mol. The molecule has 0 radical (unpaired) electrons. The van der Waals surface area contributed by atoms with Crippen molar-refractivity contribution < 1.29 is 0 Å². The molecule has 0 aromatic carbocycles. The Morgan fingerprint density at radius 2 is 2.05 bits per heavy atom. The molecule has 2 aromatic rings. The van der Waals surface area contributed by atoms with Crippen LogP contribution in [0.2, 0.25) is 0 Å². The van der Waals surface area contributed by atoms with E-state index in [9.17, 15) is 0 Å². The smallest absolute Gasteiger partial charge is 0.172 e. The summed E-state index contributed by atoms with van der Waals surface area (Å²) in [5, 5.41) is 5.29. The number of thiophene rings is 1. The molecule has 0 unspecified atom stereocenters. The average Bonchev–Trinajstić information content (AvgIpc) is 3.10. The number of nitrogens with one attached hydrogen (secondary N) is 1. The van der Waals surface area contributed by atoms with Gasteiger partial charge in [0.2, 0.25) is 0 Å². The number of aromatic nitrogens is 2. The first kappa shape index (κ1) is 14.0. The Morgan fingerprint density at radius 1 is 1.30 bits per heavy atom. The molecule has 3 rings (SSSR count). The molecule has 2 aromatic heterocycles. The number of hydrogen-bond acceptors (Lipinski definition) is 4. The molecular formula is C15H18BrN3S. The van der Waals surface area contributed by atoms with Crippen molar-refractivity contribution in [2.45, 2.75) is 38.5 Å². The van der Waals surface area contributed by atoms with Gasteiger partial charge >= 0.3 is 0 Å². The van der Waals surface area contributed by atoms with Gasteiger partial charge in [-0.05, 0) is 52.7 Å². The maximum absolute atomic E-state index is 4.88. The van der Waals surface area contributed by atoms with Crippen molar-refractivity contribution >= 4 is 33.1 Å². The third-order valence-electron chi connectivity index (χ3n) is 3.92. The lowest BCUT2D eigenvalue weighted by atomic mass is 10.0. The van der Waals surface area contributed by atoms with Crippen LogP contribution in [-0.4, -0.2) is 17.0 Å². The highest BCUT2D eigenvalue weighted by molar-refractivity contribution is 9.10. The predicted molar refractivity (Wildman–Crippen MR) is 88.5 cm³/mol. The van der Waals surface area contributed by atoms with Crippen molar-refractivity contribution in [3.8, 4) is 10.7 Å². The molecule has 106 valence electrons. The molecule has 0 amide bonds. The van der Waals surface area contributed by atoms with Crippen LogP contribution < -0.4 is 5.32 Å². The summed E-state index contributed by atoms with van der Waals surface area (Å²) in [5.41, 5.74) is 2.42. The van der Waals surface area contributed by atoms with Gasteiger partial charge in [-0.2, -0.15) is 0 Å². The van der Waals surface area contributed by atoms with Gasteiger partial charge < -0.3 is 5.32 Å². The van der Waals surface area contributed by atoms with E-state index in [2.05, 4.69) is 44.6 Å². The largest absolute Gasteiger partial charge is 0.372 e. The van der Waals surface area contributed by atoms with Crippen molar-refractivity contribution in [2.24, 2.45) is 0 Å². The standard InChI is InChI=1S/C15H18BrN3S/c1-9-7-8-20-13(9)15-18-12(10-5-3-4-6-10)11(16)14(17-2)19-15/h7-8,10H,3-6H2,1-2H3,(H,17,18,19). The highest BCUT2D eigenvalue weighted by Gasteiger charge is 2.24. The SMILES string of the molecule is CNc1nc(-c2sccc2C)nc(C2CCCC2)c1Br. The molecule has 1 fully saturated rings. The summed E-state index contributed by atoms with van der Waals surface area (Å²) >= 11 is 5.39. The van der Waals surface area contributed by atoms with Crippen LogP contribution in [-0.2, 0) is 0 Å². The molecule has 0 atom stereocenters. The van der Waals surface area contributed by atoms with E-state index in [1.165, 1.54) is 41.8 Å². The molecule has 0 bridgehead atoms. The Balaban J connectivity index is 2.12. The van der Waals surface area contributed by atoms with E-state index < -0.39 is 0 Å². The molecule has 0 aliphatic heterocycles. The molecule has 5 heteroatoms. The van der Waals surface area contributed by atoms with E-state index in [1.54, 1.807) is 11.3 Å². The number of halogens is 1. The molecule has 1 aliphatic rings. The van der Waals surface area contributed by atoms with Gasteiger partial charge in [-0.15, -0.1) is 11.3 Å². The van der Waals surface area contributed by atoms with Crippen LogP contribution in [0.3, 0.4) is 0 Å². The van der Waals surface area contributed by atoms with Crippen LogP contribution in [0, 0.1) is 6.92 Å². The zero-order chi connectivity index (χ0) is 14.1. The lowest BCUT2D eigenvalue weighted by Crippen LogP contribution is -2.06. The van der Waals surface area contributed by atoms with Gasteiger partial charge in [0.25, 0.3) is 0 Å².